The summed E-state index contributed by atoms with van der Waals surface area (Å²) < 4.78 is 5.50. The number of aromatic nitrogens is 2. The van der Waals surface area contributed by atoms with Gasteiger partial charge in [0.05, 0.1) is 16.4 Å². The lowest BCUT2D eigenvalue weighted by atomic mass is 9.33. The van der Waals surface area contributed by atoms with Gasteiger partial charge in [-0.3, -0.25) is 0 Å². The first-order chi connectivity index (χ1) is 30.7. The molecule has 1 aliphatic carbocycles. The van der Waals surface area contributed by atoms with Gasteiger partial charge in [0, 0.05) is 44.0 Å². The Kier molecular flexibility index (Phi) is 7.68. The van der Waals surface area contributed by atoms with Crippen LogP contribution in [0.4, 0.5) is 0 Å². The molecule has 0 unspecified atom stereocenters. The van der Waals surface area contributed by atoms with Crippen molar-refractivity contribution in [1.82, 2.24) is 9.13 Å². The standard InChI is InChI=1S/C61H59BN2/c1-30(2)36-13-16-42-43-17-14-37(31(3)4)25-50(43)61(49(42)24-36)48-19-20-54-56-60(48)64-57-46(21-39(33(7)8)26-51(57)61)47-23-41(35(11)12)28-53(59(47)64)62(56)52-27-40(34(9)10)22-45-44-18-15-38(32(5)6)29-55(44)63(54)58(45)52/h13-35H,1-12H3. The Labute approximate surface area is 379 Å². The lowest BCUT2D eigenvalue weighted by Gasteiger charge is -2.44. The first kappa shape index (κ1) is 38.6. The number of rotatable bonds is 6. The Morgan fingerprint density at radius 2 is 0.828 bits per heavy atom. The van der Waals surface area contributed by atoms with Gasteiger partial charge in [0.15, 0.2) is 0 Å². The molecule has 9 aromatic rings. The van der Waals surface area contributed by atoms with E-state index in [0.29, 0.717) is 35.5 Å². The zero-order valence-corrected chi connectivity index (χ0v) is 39.8. The summed E-state index contributed by atoms with van der Waals surface area (Å²) >= 11 is 0. The molecule has 7 aromatic carbocycles. The van der Waals surface area contributed by atoms with Crippen molar-refractivity contribution in [2.75, 3.05) is 0 Å². The number of fused-ring (bicyclic) bond motifs is 14. The van der Waals surface area contributed by atoms with Crippen LogP contribution in [0, 0.1) is 0 Å². The second-order valence-electron chi connectivity index (χ2n) is 22.0. The summed E-state index contributed by atoms with van der Waals surface area (Å²) in [6, 6.07) is 43.1. The molecule has 0 N–H and O–H groups in total. The Morgan fingerprint density at radius 3 is 1.38 bits per heavy atom. The zero-order chi connectivity index (χ0) is 44.2. The van der Waals surface area contributed by atoms with Crippen molar-refractivity contribution in [1.29, 1.82) is 0 Å². The van der Waals surface area contributed by atoms with E-state index in [-0.39, 0.29) is 6.71 Å². The highest BCUT2D eigenvalue weighted by Gasteiger charge is 2.55. The van der Waals surface area contributed by atoms with Gasteiger partial charge in [-0.15, -0.1) is 0 Å². The van der Waals surface area contributed by atoms with Gasteiger partial charge < -0.3 is 9.13 Å². The normalized spacial score (nSPS) is 14.9. The van der Waals surface area contributed by atoms with Crippen LogP contribution in [0.5, 0.6) is 0 Å². The Morgan fingerprint density at radius 1 is 0.375 bits per heavy atom. The minimum Gasteiger partial charge on any atom is -0.310 e. The smallest absolute Gasteiger partial charge is 0.252 e. The van der Waals surface area contributed by atoms with E-state index < -0.39 is 5.41 Å². The summed E-state index contributed by atoms with van der Waals surface area (Å²) in [5.74, 6) is 2.40. The van der Waals surface area contributed by atoms with Crippen LogP contribution in [0.1, 0.15) is 174 Å². The van der Waals surface area contributed by atoms with Gasteiger partial charge in [-0.05, 0) is 149 Å². The minimum atomic E-state index is -0.514. The molecule has 0 saturated heterocycles. The Balaban J connectivity index is 1.31. The highest BCUT2D eigenvalue weighted by atomic mass is 15.1. The average Bonchev–Trinajstić information content (AvgIpc) is 3.89. The first-order valence-electron chi connectivity index (χ1n) is 24.5. The maximum Gasteiger partial charge on any atom is 0.252 e. The molecular weight excluding hydrogens is 771 g/mol. The van der Waals surface area contributed by atoms with Gasteiger partial charge in [0.25, 0.3) is 6.71 Å². The third kappa shape index (κ3) is 4.54. The fourth-order valence-electron chi connectivity index (χ4n) is 13.0. The fourth-order valence-corrected chi connectivity index (χ4v) is 13.0. The van der Waals surface area contributed by atoms with Crippen LogP contribution in [0.2, 0.25) is 0 Å². The lowest BCUT2D eigenvalue weighted by Crippen LogP contribution is -2.60. The topological polar surface area (TPSA) is 9.86 Å². The van der Waals surface area contributed by atoms with Crippen LogP contribution < -0.4 is 16.4 Å². The minimum absolute atomic E-state index is 0.0815. The summed E-state index contributed by atoms with van der Waals surface area (Å²) in [5.41, 5.74) is 29.2. The van der Waals surface area contributed by atoms with Crippen molar-refractivity contribution >= 4 is 66.7 Å². The van der Waals surface area contributed by atoms with Gasteiger partial charge in [0.2, 0.25) is 0 Å². The van der Waals surface area contributed by atoms with E-state index in [4.69, 9.17) is 0 Å². The molecule has 3 aliphatic heterocycles. The average molecular weight is 831 g/mol. The van der Waals surface area contributed by atoms with Gasteiger partial charge in [-0.2, -0.15) is 0 Å². The largest absolute Gasteiger partial charge is 0.310 e. The van der Waals surface area contributed by atoms with Gasteiger partial charge in [0.1, 0.15) is 0 Å². The molecular formula is C61H59BN2. The van der Waals surface area contributed by atoms with E-state index in [2.05, 4.69) is 195 Å². The highest BCUT2D eigenvalue weighted by molar-refractivity contribution is 7.00. The van der Waals surface area contributed by atoms with Crippen molar-refractivity contribution in [3.8, 4) is 22.5 Å². The molecule has 64 heavy (non-hydrogen) atoms. The molecule has 2 aromatic heterocycles. The molecule has 0 saturated carbocycles. The molecule has 0 fully saturated rings. The van der Waals surface area contributed by atoms with Crippen molar-refractivity contribution in [2.24, 2.45) is 0 Å². The second kappa shape index (κ2) is 12.7. The summed E-state index contributed by atoms with van der Waals surface area (Å²) in [6.07, 6.45) is 0. The predicted molar refractivity (Wildman–Crippen MR) is 275 cm³/mol. The van der Waals surface area contributed by atoms with Crippen LogP contribution in [0.15, 0.2) is 103 Å². The predicted octanol–water partition coefficient (Wildman–Crippen LogP) is 14.4. The molecule has 0 radical (unpaired) electrons. The number of hydrogen-bond donors (Lipinski definition) is 0. The van der Waals surface area contributed by atoms with Crippen molar-refractivity contribution in [2.45, 2.75) is 124 Å². The molecule has 4 aliphatic rings. The van der Waals surface area contributed by atoms with Crippen LogP contribution in [0.3, 0.4) is 0 Å². The molecule has 316 valence electrons. The third-order valence-electron chi connectivity index (χ3n) is 16.5. The van der Waals surface area contributed by atoms with E-state index >= 15 is 0 Å². The van der Waals surface area contributed by atoms with Crippen LogP contribution in [-0.2, 0) is 5.41 Å². The van der Waals surface area contributed by atoms with Gasteiger partial charge >= 0.3 is 0 Å². The quantitative estimate of drug-likeness (QED) is 0.148. The number of benzene rings is 7. The number of nitrogens with zero attached hydrogens (tertiary/aromatic N) is 2. The Bertz CT molecular complexity index is 3520. The van der Waals surface area contributed by atoms with Crippen molar-refractivity contribution in [3.05, 3.63) is 159 Å². The van der Waals surface area contributed by atoms with E-state index in [1.54, 1.807) is 0 Å². The molecule has 0 amide bonds. The van der Waals surface area contributed by atoms with Crippen LogP contribution >= 0.6 is 0 Å². The van der Waals surface area contributed by atoms with E-state index in [1.165, 1.54) is 138 Å². The first-order valence-corrected chi connectivity index (χ1v) is 24.5. The molecule has 0 atom stereocenters. The maximum absolute atomic E-state index is 2.80. The fraction of sp³-hybridized carbons (Fsp3) is 0.311. The lowest BCUT2D eigenvalue weighted by molar-refractivity contribution is 0.735. The SMILES string of the molecule is CC(C)c1ccc2c(c1)C1(c3cc(C(C)C)ccc3-2)c2ccc3c4c2-n2c5c(cc(C(C)C)cc5c5cc(C(C)C)cc1c52)B4c1cc(C(C)C)cc2c4ccc(C(C)C)cc4n-3c12. The monoisotopic (exact) mass is 830 g/mol. The molecule has 1 spiro atoms. The van der Waals surface area contributed by atoms with Crippen molar-refractivity contribution in [3.63, 3.8) is 0 Å². The number of hydrogen-bond acceptors (Lipinski definition) is 0. The van der Waals surface area contributed by atoms with E-state index in [9.17, 15) is 0 Å². The van der Waals surface area contributed by atoms with Crippen LogP contribution in [0.25, 0.3) is 66.1 Å². The molecule has 3 heteroatoms. The summed E-state index contributed by atoms with van der Waals surface area (Å²) in [5, 5.41) is 5.56. The summed E-state index contributed by atoms with van der Waals surface area (Å²) in [4.78, 5) is 0. The molecule has 13 rings (SSSR count). The zero-order valence-electron chi connectivity index (χ0n) is 39.8. The molecule has 2 nitrogen and oxygen atoms in total. The van der Waals surface area contributed by atoms with E-state index in [0.717, 1.165) is 0 Å². The maximum atomic E-state index is 2.80. The second-order valence-corrected chi connectivity index (χ2v) is 22.0. The van der Waals surface area contributed by atoms with Crippen molar-refractivity contribution < 1.29 is 0 Å². The summed E-state index contributed by atoms with van der Waals surface area (Å²) in [6.45, 7) is 28.5. The van der Waals surface area contributed by atoms with Gasteiger partial charge in [-0.1, -0.05) is 156 Å². The molecule has 5 heterocycles. The molecule has 0 bridgehead atoms. The third-order valence-corrected chi connectivity index (χ3v) is 16.5. The summed E-state index contributed by atoms with van der Waals surface area (Å²) in [7, 11) is 0. The van der Waals surface area contributed by atoms with Gasteiger partial charge in [-0.25, -0.2) is 0 Å². The van der Waals surface area contributed by atoms with Crippen LogP contribution in [-0.4, -0.2) is 15.8 Å². The Hall–Kier alpha value is -5.80. The highest BCUT2D eigenvalue weighted by Crippen LogP contribution is 2.62. The van der Waals surface area contributed by atoms with E-state index in [1.807, 2.05) is 0 Å².